The van der Waals surface area contributed by atoms with Gasteiger partial charge in [0.05, 0.1) is 0 Å². The molecule has 0 aliphatic heterocycles. The number of rotatable bonds is 2. The van der Waals surface area contributed by atoms with E-state index < -0.39 is 0 Å². The van der Waals surface area contributed by atoms with E-state index in [-0.39, 0.29) is 0 Å². The Morgan fingerprint density at radius 3 is 1.78 bits per heavy atom. The highest BCUT2D eigenvalue weighted by atomic mass is 35.5. The minimum absolute atomic E-state index is 0.712. The van der Waals surface area contributed by atoms with Gasteiger partial charge in [-0.05, 0) is 24.7 Å². The number of hydrogen-bond donors (Lipinski definition) is 0. The Labute approximate surface area is 66.5 Å². The zero-order chi connectivity index (χ0) is 6.69. The Balaban J connectivity index is 2.32. The standard InChI is InChI=1S/C7H12Cl2/c8-4-6-2-1-3-7(6)5-9/h6-7H,1-5H2/t6-,7-/m1/s1. The molecule has 0 radical (unpaired) electrons. The average Bonchev–Trinajstić information content (AvgIpc) is 2.33. The third-order valence-electron chi connectivity index (χ3n) is 2.21. The topological polar surface area (TPSA) is 0 Å². The minimum Gasteiger partial charge on any atom is -0.126 e. The predicted octanol–water partition coefficient (Wildman–Crippen LogP) is 2.88. The monoisotopic (exact) mass is 166 g/mol. The van der Waals surface area contributed by atoms with Crippen LogP contribution in [0, 0.1) is 11.8 Å². The van der Waals surface area contributed by atoms with Gasteiger partial charge in [0, 0.05) is 11.8 Å². The van der Waals surface area contributed by atoms with Gasteiger partial charge < -0.3 is 0 Å². The second-order valence-electron chi connectivity index (χ2n) is 2.76. The van der Waals surface area contributed by atoms with Crippen molar-refractivity contribution in [2.45, 2.75) is 19.3 Å². The summed E-state index contributed by atoms with van der Waals surface area (Å²) in [6.07, 6.45) is 3.91. The van der Waals surface area contributed by atoms with E-state index in [1.54, 1.807) is 0 Å². The van der Waals surface area contributed by atoms with Gasteiger partial charge in [0.15, 0.2) is 0 Å². The first-order chi connectivity index (χ1) is 4.38. The van der Waals surface area contributed by atoms with Crippen LogP contribution in [0.25, 0.3) is 0 Å². The molecule has 0 spiro atoms. The second kappa shape index (κ2) is 3.68. The van der Waals surface area contributed by atoms with Crippen LogP contribution in [0.15, 0.2) is 0 Å². The van der Waals surface area contributed by atoms with Crippen LogP contribution in [-0.4, -0.2) is 11.8 Å². The van der Waals surface area contributed by atoms with Crippen molar-refractivity contribution in [1.29, 1.82) is 0 Å². The van der Waals surface area contributed by atoms with Gasteiger partial charge >= 0.3 is 0 Å². The molecule has 54 valence electrons. The van der Waals surface area contributed by atoms with E-state index in [0.717, 1.165) is 11.8 Å². The van der Waals surface area contributed by atoms with Gasteiger partial charge in [-0.3, -0.25) is 0 Å². The van der Waals surface area contributed by atoms with Crippen molar-refractivity contribution in [2.24, 2.45) is 11.8 Å². The summed E-state index contributed by atoms with van der Waals surface area (Å²) in [7, 11) is 0. The van der Waals surface area contributed by atoms with E-state index in [1.807, 2.05) is 0 Å². The van der Waals surface area contributed by atoms with E-state index in [2.05, 4.69) is 0 Å². The molecule has 0 saturated heterocycles. The maximum absolute atomic E-state index is 5.72. The van der Waals surface area contributed by atoms with Gasteiger partial charge in [-0.25, -0.2) is 0 Å². The van der Waals surface area contributed by atoms with Gasteiger partial charge in [0.25, 0.3) is 0 Å². The summed E-state index contributed by atoms with van der Waals surface area (Å²) in [6, 6.07) is 0. The number of halogens is 2. The molecule has 1 aliphatic rings. The van der Waals surface area contributed by atoms with Crippen LogP contribution in [-0.2, 0) is 0 Å². The molecule has 0 amide bonds. The van der Waals surface area contributed by atoms with E-state index >= 15 is 0 Å². The van der Waals surface area contributed by atoms with E-state index in [9.17, 15) is 0 Å². The Hall–Kier alpha value is 0.580. The van der Waals surface area contributed by atoms with Crippen molar-refractivity contribution in [3.8, 4) is 0 Å². The first-order valence-corrected chi connectivity index (χ1v) is 4.57. The van der Waals surface area contributed by atoms with Gasteiger partial charge in [0.2, 0.25) is 0 Å². The Kier molecular flexibility index (Phi) is 3.14. The van der Waals surface area contributed by atoms with Crippen LogP contribution in [0.4, 0.5) is 0 Å². The third kappa shape index (κ3) is 1.75. The van der Waals surface area contributed by atoms with Gasteiger partial charge in [-0.2, -0.15) is 0 Å². The van der Waals surface area contributed by atoms with Crippen LogP contribution in [0.5, 0.6) is 0 Å². The molecule has 0 N–H and O–H groups in total. The summed E-state index contributed by atoms with van der Waals surface area (Å²) in [5, 5.41) is 0. The fourth-order valence-electron chi connectivity index (χ4n) is 1.52. The molecule has 2 heteroatoms. The molecule has 2 atom stereocenters. The van der Waals surface area contributed by atoms with Crippen molar-refractivity contribution >= 4 is 23.2 Å². The number of hydrogen-bond acceptors (Lipinski definition) is 0. The van der Waals surface area contributed by atoms with Crippen molar-refractivity contribution in [3.05, 3.63) is 0 Å². The van der Waals surface area contributed by atoms with Crippen LogP contribution >= 0.6 is 23.2 Å². The molecule has 0 aromatic rings. The average molecular weight is 167 g/mol. The lowest BCUT2D eigenvalue weighted by Gasteiger charge is -2.12. The summed E-state index contributed by atoms with van der Waals surface area (Å²) >= 11 is 11.4. The molecule has 1 rings (SSSR count). The predicted molar refractivity (Wildman–Crippen MR) is 42.3 cm³/mol. The normalized spacial score (nSPS) is 35.3. The molecule has 0 nitrogen and oxygen atoms in total. The molecule has 0 bridgehead atoms. The van der Waals surface area contributed by atoms with E-state index in [1.165, 1.54) is 19.3 Å². The van der Waals surface area contributed by atoms with Crippen molar-refractivity contribution < 1.29 is 0 Å². The lowest BCUT2D eigenvalue weighted by Crippen LogP contribution is -2.10. The highest BCUT2D eigenvalue weighted by Crippen LogP contribution is 2.32. The van der Waals surface area contributed by atoms with Crippen molar-refractivity contribution in [1.82, 2.24) is 0 Å². The first-order valence-electron chi connectivity index (χ1n) is 3.50. The third-order valence-corrected chi connectivity index (χ3v) is 3.01. The lowest BCUT2D eigenvalue weighted by molar-refractivity contribution is 0.467. The fraction of sp³-hybridized carbons (Fsp3) is 1.00. The zero-order valence-electron chi connectivity index (χ0n) is 5.45. The SMILES string of the molecule is ClC[C@H]1CCC[C@@H]1CCl. The number of alkyl halides is 2. The molecular weight excluding hydrogens is 155 g/mol. The van der Waals surface area contributed by atoms with Crippen LogP contribution in [0.1, 0.15) is 19.3 Å². The van der Waals surface area contributed by atoms with Crippen molar-refractivity contribution in [3.63, 3.8) is 0 Å². The van der Waals surface area contributed by atoms with Gasteiger partial charge in [-0.1, -0.05) is 6.42 Å². The fourth-order valence-corrected chi connectivity index (χ4v) is 2.33. The summed E-state index contributed by atoms with van der Waals surface area (Å²) < 4.78 is 0. The maximum Gasteiger partial charge on any atom is 0.0254 e. The molecule has 1 fully saturated rings. The molecule has 0 unspecified atom stereocenters. The van der Waals surface area contributed by atoms with E-state index in [0.29, 0.717) is 11.8 Å². The Morgan fingerprint density at radius 1 is 1.00 bits per heavy atom. The summed E-state index contributed by atoms with van der Waals surface area (Å²) in [4.78, 5) is 0. The summed E-state index contributed by atoms with van der Waals surface area (Å²) in [5.74, 6) is 3.03. The second-order valence-corrected chi connectivity index (χ2v) is 3.38. The molecular formula is C7H12Cl2. The van der Waals surface area contributed by atoms with Crippen LogP contribution < -0.4 is 0 Å². The quantitative estimate of drug-likeness (QED) is 0.554. The van der Waals surface area contributed by atoms with Crippen molar-refractivity contribution in [2.75, 3.05) is 11.8 Å². The minimum atomic E-state index is 0.712. The Morgan fingerprint density at radius 2 is 1.44 bits per heavy atom. The smallest absolute Gasteiger partial charge is 0.0254 e. The van der Waals surface area contributed by atoms with E-state index in [4.69, 9.17) is 23.2 Å². The highest BCUT2D eigenvalue weighted by molar-refractivity contribution is 6.19. The van der Waals surface area contributed by atoms with Gasteiger partial charge in [0.1, 0.15) is 0 Å². The lowest BCUT2D eigenvalue weighted by atomic mass is 10.0. The highest BCUT2D eigenvalue weighted by Gasteiger charge is 2.24. The molecule has 1 saturated carbocycles. The molecule has 0 aromatic carbocycles. The first kappa shape index (κ1) is 7.68. The zero-order valence-corrected chi connectivity index (χ0v) is 6.96. The molecule has 1 aliphatic carbocycles. The van der Waals surface area contributed by atoms with Crippen LogP contribution in [0.2, 0.25) is 0 Å². The summed E-state index contributed by atoms with van der Waals surface area (Å²) in [6.45, 7) is 0. The molecule has 0 aromatic heterocycles. The summed E-state index contributed by atoms with van der Waals surface area (Å²) in [5.41, 5.74) is 0. The largest absolute Gasteiger partial charge is 0.126 e. The Bertz CT molecular complexity index is 73.0. The maximum atomic E-state index is 5.72. The van der Waals surface area contributed by atoms with Crippen LogP contribution in [0.3, 0.4) is 0 Å². The molecule has 9 heavy (non-hydrogen) atoms. The molecule has 0 heterocycles. The van der Waals surface area contributed by atoms with Gasteiger partial charge in [-0.15, -0.1) is 23.2 Å².